The topological polar surface area (TPSA) is 95.0 Å². The number of carbonyl (C=O) groups excluding carboxylic acids is 2. The van der Waals surface area contributed by atoms with Crippen LogP contribution in [0.4, 0.5) is 0 Å². The van der Waals surface area contributed by atoms with Crippen molar-refractivity contribution in [1.82, 2.24) is 20.1 Å². The van der Waals surface area contributed by atoms with Gasteiger partial charge in [-0.2, -0.15) is 0 Å². The van der Waals surface area contributed by atoms with Crippen molar-refractivity contribution in [3.05, 3.63) is 108 Å². The average Bonchev–Trinajstić information content (AvgIpc) is 3.18. The van der Waals surface area contributed by atoms with Gasteiger partial charge in [-0.15, -0.1) is 0 Å². The predicted octanol–water partition coefficient (Wildman–Crippen LogP) is 6.46. The van der Waals surface area contributed by atoms with Gasteiger partial charge in [0.05, 0.1) is 17.4 Å². The van der Waals surface area contributed by atoms with Gasteiger partial charge in [0.2, 0.25) is 11.8 Å². The number of rotatable bonds is 16. The maximum absolute atomic E-state index is 14.7. The third-order valence-corrected chi connectivity index (χ3v) is 10.5. The molecule has 1 aromatic heterocycles. The molecule has 4 aromatic rings. The van der Waals surface area contributed by atoms with Gasteiger partial charge in [0.15, 0.2) is 0 Å². The fraction of sp³-hybridized carbons (Fsp3) is 0.465. The van der Waals surface area contributed by atoms with E-state index in [-0.39, 0.29) is 36.3 Å². The number of carbonyl (C=O) groups is 2. The van der Waals surface area contributed by atoms with Gasteiger partial charge in [0.25, 0.3) is 0 Å². The van der Waals surface area contributed by atoms with E-state index in [0.29, 0.717) is 25.4 Å². The first kappa shape index (κ1) is 36.7. The number of aromatic nitrogens is 1. The van der Waals surface area contributed by atoms with E-state index in [1.54, 1.807) is 11.1 Å². The summed E-state index contributed by atoms with van der Waals surface area (Å²) in [4.78, 5) is 37.5. The number of hydrogen-bond donors (Lipinski definition) is 2. The van der Waals surface area contributed by atoms with E-state index in [0.717, 1.165) is 88.2 Å². The summed E-state index contributed by atoms with van der Waals surface area (Å²) >= 11 is 0. The van der Waals surface area contributed by atoms with Crippen LogP contribution in [0.2, 0.25) is 0 Å². The Morgan fingerprint density at radius 1 is 0.843 bits per heavy atom. The van der Waals surface area contributed by atoms with Crippen LogP contribution in [-0.4, -0.2) is 83.2 Å². The van der Waals surface area contributed by atoms with Gasteiger partial charge >= 0.3 is 0 Å². The number of nitrogens with one attached hydrogen (secondary N) is 1. The van der Waals surface area contributed by atoms with Gasteiger partial charge in [0.1, 0.15) is 18.5 Å². The van der Waals surface area contributed by atoms with Crippen LogP contribution in [0, 0.1) is 11.8 Å². The molecule has 0 radical (unpaired) electrons. The predicted molar refractivity (Wildman–Crippen MR) is 202 cm³/mol. The number of fused-ring (bicyclic) bond motifs is 1. The lowest BCUT2D eigenvalue weighted by atomic mass is 9.90. The molecule has 8 heteroatoms. The molecule has 270 valence electrons. The van der Waals surface area contributed by atoms with E-state index < -0.39 is 6.10 Å². The highest BCUT2D eigenvalue weighted by molar-refractivity contribution is 5.98. The van der Waals surface area contributed by atoms with Crippen molar-refractivity contribution < 1.29 is 19.4 Å². The molecule has 2 saturated heterocycles. The molecule has 0 saturated carbocycles. The number of aryl methyl sites for hydroxylation is 2. The molecule has 51 heavy (non-hydrogen) atoms. The molecule has 2 N–H and O–H groups in total. The van der Waals surface area contributed by atoms with E-state index in [2.05, 4.69) is 63.7 Å². The fourth-order valence-electron chi connectivity index (χ4n) is 7.86. The van der Waals surface area contributed by atoms with Crippen LogP contribution in [0.25, 0.3) is 10.9 Å². The summed E-state index contributed by atoms with van der Waals surface area (Å²) in [6, 6.07) is 30.4. The van der Waals surface area contributed by atoms with E-state index in [4.69, 9.17) is 4.74 Å². The van der Waals surface area contributed by atoms with Crippen molar-refractivity contribution in [1.29, 1.82) is 0 Å². The number of benzene rings is 3. The highest BCUT2D eigenvalue weighted by Gasteiger charge is 2.39. The lowest BCUT2D eigenvalue weighted by Crippen LogP contribution is -2.54. The van der Waals surface area contributed by atoms with Crippen molar-refractivity contribution in [3.63, 3.8) is 0 Å². The van der Waals surface area contributed by atoms with Crippen LogP contribution < -0.4 is 10.1 Å². The number of aliphatic hydroxyl groups is 1. The number of piperidine rings is 2. The maximum atomic E-state index is 14.7. The molecule has 3 heterocycles. The summed E-state index contributed by atoms with van der Waals surface area (Å²) < 4.78 is 6.06. The van der Waals surface area contributed by atoms with Crippen molar-refractivity contribution in [2.45, 2.75) is 76.4 Å². The zero-order valence-electron chi connectivity index (χ0n) is 29.9. The van der Waals surface area contributed by atoms with Gasteiger partial charge in [0, 0.05) is 37.3 Å². The Bertz CT molecular complexity index is 1610. The normalized spacial score (nSPS) is 18.8. The molecule has 3 atom stereocenters. The SMILES string of the molecule is O=C(C1CCCNC1)N(C(=O)C1CCCN(C[C@@H](O)COc2cccc3ncccc23)C1)C(CCCc1ccccc1)CCCc1ccccc1. The minimum atomic E-state index is -0.722. The van der Waals surface area contributed by atoms with E-state index in [1.165, 1.54) is 11.1 Å². The van der Waals surface area contributed by atoms with Gasteiger partial charge in [-0.1, -0.05) is 66.7 Å². The second-order valence-corrected chi connectivity index (χ2v) is 14.4. The van der Waals surface area contributed by atoms with Crippen molar-refractivity contribution in [2.75, 3.05) is 39.3 Å². The Morgan fingerprint density at radius 3 is 2.22 bits per heavy atom. The first-order valence-electron chi connectivity index (χ1n) is 19.1. The first-order valence-corrected chi connectivity index (χ1v) is 19.1. The summed E-state index contributed by atoms with van der Waals surface area (Å²) in [6.45, 7) is 3.42. The molecule has 2 unspecified atom stereocenters. The van der Waals surface area contributed by atoms with Crippen LogP contribution in [0.3, 0.4) is 0 Å². The molecule has 0 bridgehead atoms. The third kappa shape index (κ3) is 10.5. The number of pyridine rings is 1. The zero-order valence-corrected chi connectivity index (χ0v) is 29.9. The monoisotopic (exact) mass is 690 g/mol. The molecule has 2 aliphatic rings. The number of nitrogens with zero attached hydrogens (tertiary/aromatic N) is 3. The van der Waals surface area contributed by atoms with Crippen LogP contribution in [0.1, 0.15) is 62.5 Å². The molecular weight excluding hydrogens is 636 g/mol. The summed E-state index contributed by atoms with van der Waals surface area (Å²) in [5, 5.41) is 15.4. The number of ether oxygens (including phenoxy) is 1. The Morgan fingerprint density at radius 2 is 1.53 bits per heavy atom. The largest absolute Gasteiger partial charge is 0.490 e. The second kappa shape index (κ2) is 18.9. The van der Waals surface area contributed by atoms with E-state index in [1.807, 2.05) is 42.5 Å². The van der Waals surface area contributed by atoms with Crippen molar-refractivity contribution in [3.8, 4) is 5.75 Å². The van der Waals surface area contributed by atoms with E-state index >= 15 is 0 Å². The quantitative estimate of drug-likeness (QED) is 0.131. The maximum Gasteiger partial charge on any atom is 0.233 e. The van der Waals surface area contributed by atoms with Crippen LogP contribution in [-0.2, 0) is 22.4 Å². The van der Waals surface area contributed by atoms with Gasteiger partial charge < -0.3 is 15.2 Å². The van der Waals surface area contributed by atoms with Crippen LogP contribution >= 0.6 is 0 Å². The molecule has 2 fully saturated rings. The smallest absolute Gasteiger partial charge is 0.233 e. The fourth-order valence-corrected chi connectivity index (χ4v) is 7.86. The third-order valence-electron chi connectivity index (χ3n) is 10.5. The number of imide groups is 1. The van der Waals surface area contributed by atoms with E-state index in [9.17, 15) is 14.7 Å². The number of amides is 2. The molecule has 3 aromatic carbocycles. The molecule has 0 aliphatic carbocycles. The highest BCUT2D eigenvalue weighted by atomic mass is 16.5. The first-order chi connectivity index (χ1) is 25.0. The summed E-state index contributed by atoms with van der Waals surface area (Å²) in [5.74, 6) is 0.183. The Balaban J connectivity index is 1.14. The number of hydrogen-bond acceptors (Lipinski definition) is 7. The minimum absolute atomic E-state index is 0.00763. The molecular formula is C43H54N4O4. The molecule has 2 amide bonds. The molecule has 8 nitrogen and oxygen atoms in total. The van der Waals surface area contributed by atoms with Gasteiger partial charge in [-0.05, 0) is 113 Å². The van der Waals surface area contributed by atoms with Crippen molar-refractivity contribution in [2.24, 2.45) is 11.8 Å². The summed E-state index contributed by atoms with van der Waals surface area (Å²) in [7, 11) is 0. The zero-order chi connectivity index (χ0) is 35.3. The standard InChI is InChI=1S/C43H54N4O4/c48-38(32-51-41-25-9-24-40-39(41)23-11-27-45-40)31-46-28-12-20-36(30-46)43(50)47(42(49)35-19-10-26-44-29-35)37(21-7-17-33-13-3-1-4-14-33)22-8-18-34-15-5-2-6-16-34/h1-6,9,11,13-16,23-25,27,35-38,44,48H,7-8,10,12,17-22,26,28-32H2/t35?,36?,38-/m1/s1. The van der Waals surface area contributed by atoms with Crippen molar-refractivity contribution >= 4 is 22.7 Å². The molecule has 0 spiro atoms. The highest BCUT2D eigenvalue weighted by Crippen LogP contribution is 2.28. The Hall–Kier alpha value is -4.11. The van der Waals surface area contributed by atoms with Gasteiger partial charge in [-0.3, -0.25) is 24.4 Å². The Kier molecular flexibility index (Phi) is 13.6. The lowest BCUT2D eigenvalue weighted by Gasteiger charge is -2.39. The summed E-state index contributed by atoms with van der Waals surface area (Å²) in [6.07, 6.45) is 9.63. The summed E-state index contributed by atoms with van der Waals surface area (Å²) in [5.41, 5.74) is 3.41. The van der Waals surface area contributed by atoms with Crippen LogP contribution in [0.15, 0.2) is 97.2 Å². The van der Waals surface area contributed by atoms with Crippen LogP contribution in [0.5, 0.6) is 5.75 Å². The number of likely N-dealkylation sites (tertiary alicyclic amines) is 1. The molecule has 6 rings (SSSR count). The molecule has 2 aliphatic heterocycles. The average molecular weight is 691 g/mol. The van der Waals surface area contributed by atoms with Gasteiger partial charge in [-0.25, -0.2) is 0 Å². The number of β-amino-alcohol motifs (C(OH)–C–C–N with tert-alkyl or cyclic N) is 1. The minimum Gasteiger partial charge on any atom is -0.490 e. The Labute approximate surface area is 303 Å². The number of aliphatic hydroxyl groups excluding tert-OH is 1. The lowest BCUT2D eigenvalue weighted by molar-refractivity contribution is -0.155. The second-order valence-electron chi connectivity index (χ2n) is 14.4.